The Morgan fingerprint density at radius 2 is 1.70 bits per heavy atom. The van der Waals surface area contributed by atoms with Crippen LogP contribution in [0.4, 0.5) is 4.79 Å². The van der Waals surface area contributed by atoms with Gasteiger partial charge in [-0.3, -0.25) is 9.69 Å². The topological polar surface area (TPSA) is 75.9 Å². The monoisotopic (exact) mass is 445 g/mol. The Morgan fingerprint density at radius 1 is 1.03 bits per heavy atom. The van der Waals surface area contributed by atoms with Crippen LogP contribution in [0.3, 0.4) is 0 Å². The van der Waals surface area contributed by atoms with Gasteiger partial charge in [-0.25, -0.2) is 9.78 Å². The largest absolute Gasteiger partial charge is 0.447 e. The molecule has 170 valence electrons. The summed E-state index contributed by atoms with van der Waals surface area (Å²) in [4.78, 5) is 33.8. The lowest BCUT2D eigenvalue weighted by Gasteiger charge is -2.38. The van der Waals surface area contributed by atoms with Gasteiger partial charge in [-0.15, -0.1) is 0 Å². The first-order valence-electron chi connectivity index (χ1n) is 11.4. The smallest absolute Gasteiger partial charge is 0.410 e. The molecule has 7 nitrogen and oxygen atoms in total. The van der Waals surface area contributed by atoms with Gasteiger partial charge in [-0.1, -0.05) is 48.5 Å². The Kier molecular flexibility index (Phi) is 5.86. The summed E-state index contributed by atoms with van der Waals surface area (Å²) >= 11 is 0. The number of hydrogen-bond donors (Lipinski definition) is 0. The van der Waals surface area contributed by atoms with Crippen molar-refractivity contribution in [2.24, 2.45) is 0 Å². The Morgan fingerprint density at radius 3 is 2.39 bits per heavy atom. The zero-order valence-electron chi connectivity index (χ0n) is 18.6. The molecule has 2 aliphatic rings. The Balaban J connectivity index is 1.21. The van der Waals surface area contributed by atoms with Gasteiger partial charge < -0.3 is 14.1 Å². The fraction of sp³-hybridized carbons (Fsp3) is 0.346. The van der Waals surface area contributed by atoms with Gasteiger partial charge in [0.15, 0.2) is 0 Å². The molecule has 2 aromatic carbocycles. The lowest BCUT2D eigenvalue weighted by Crippen LogP contribution is -2.48. The van der Waals surface area contributed by atoms with Crippen molar-refractivity contribution in [1.29, 1.82) is 0 Å². The summed E-state index contributed by atoms with van der Waals surface area (Å²) in [6.07, 6.45) is 1.42. The molecule has 0 aliphatic carbocycles. The standard InChI is InChI=1S/C26H27N3O4/c1-18-22(27-25(33-18)20-10-6-3-7-11-20)16-24(30)28-14-12-21(13-15-28)29-23(17-32-26(29)31)19-8-4-2-5-9-19/h2-11,21,23H,12-17H2,1H3. The summed E-state index contributed by atoms with van der Waals surface area (Å²) in [6.45, 7) is 3.43. The minimum atomic E-state index is -0.264. The van der Waals surface area contributed by atoms with Crippen molar-refractivity contribution in [3.63, 3.8) is 0 Å². The highest BCUT2D eigenvalue weighted by atomic mass is 16.6. The highest BCUT2D eigenvalue weighted by Crippen LogP contribution is 2.33. The molecular weight excluding hydrogens is 418 g/mol. The molecule has 5 rings (SSSR count). The van der Waals surface area contributed by atoms with Crippen LogP contribution < -0.4 is 0 Å². The summed E-state index contributed by atoms with van der Waals surface area (Å²) in [5.74, 6) is 1.24. The van der Waals surface area contributed by atoms with E-state index in [9.17, 15) is 9.59 Å². The molecule has 1 atom stereocenters. The quantitative estimate of drug-likeness (QED) is 0.583. The summed E-state index contributed by atoms with van der Waals surface area (Å²) in [5.41, 5.74) is 2.65. The Labute approximate surface area is 193 Å². The molecule has 0 bridgehead atoms. The van der Waals surface area contributed by atoms with Crippen molar-refractivity contribution in [3.8, 4) is 11.5 Å². The Bertz CT molecular complexity index is 1120. The van der Waals surface area contributed by atoms with Crippen LogP contribution in [0.5, 0.6) is 0 Å². The molecule has 33 heavy (non-hydrogen) atoms. The number of rotatable bonds is 5. The minimum Gasteiger partial charge on any atom is -0.447 e. The number of ether oxygens (including phenoxy) is 1. The van der Waals surface area contributed by atoms with Gasteiger partial charge in [0, 0.05) is 24.7 Å². The number of aromatic nitrogens is 1. The lowest BCUT2D eigenvalue weighted by molar-refractivity contribution is -0.132. The van der Waals surface area contributed by atoms with Crippen molar-refractivity contribution in [3.05, 3.63) is 77.7 Å². The third kappa shape index (κ3) is 4.35. The summed E-state index contributed by atoms with van der Waals surface area (Å²) in [5, 5.41) is 0. The number of aryl methyl sites for hydroxylation is 1. The number of carbonyl (C=O) groups excluding carboxylic acids is 2. The van der Waals surface area contributed by atoms with Crippen molar-refractivity contribution in [2.45, 2.75) is 38.3 Å². The first-order chi connectivity index (χ1) is 16.1. The van der Waals surface area contributed by atoms with Gasteiger partial charge in [0.2, 0.25) is 11.8 Å². The van der Waals surface area contributed by atoms with Gasteiger partial charge in [0.25, 0.3) is 0 Å². The molecule has 1 aromatic heterocycles. The molecule has 2 saturated heterocycles. The zero-order valence-corrected chi connectivity index (χ0v) is 18.6. The number of benzene rings is 2. The van der Waals surface area contributed by atoms with Gasteiger partial charge in [0.1, 0.15) is 12.4 Å². The molecule has 3 aromatic rings. The Hall–Kier alpha value is -3.61. The van der Waals surface area contributed by atoms with Gasteiger partial charge in [-0.05, 0) is 37.5 Å². The summed E-state index contributed by atoms with van der Waals surface area (Å²) in [7, 11) is 0. The fourth-order valence-electron chi connectivity index (χ4n) is 4.71. The molecule has 1 unspecified atom stereocenters. The molecule has 3 heterocycles. The molecule has 0 saturated carbocycles. The molecule has 0 spiro atoms. The normalized spacial score (nSPS) is 19.1. The van der Waals surface area contributed by atoms with E-state index in [0.717, 1.165) is 24.0 Å². The van der Waals surface area contributed by atoms with E-state index < -0.39 is 0 Å². The van der Waals surface area contributed by atoms with Crippen molar-refractivity contribution in [1.82, 2.24) is 14.8 Å². The van der Waals surface area contributed by atoms with Gasteiger partial charge >= 0.3 is 6.09 Å². The fourth-order valence-corrected chi connectivity index (χ4v) is 4.71. The number of carbonyl (C=O) groups is 2. The number of nitrogens with zero attached hydrogens (tertiary/aromatic N) is 3. The SMILES string of the molecule is Cc1oc(-c2ccccc2)nc1CC(=O)N1CCC(N2C(=O)OCC2c2ccccc2)CC1. The number of piperidine rings is 1. The molecule has 7 heteroatoms. The maximum atomic E-state index is 13.0. The number of hydrogen-bond acceptors (Lipinski definition) is 5. The van der Waals surface area contributed by atoms with Crippen molar-refractivity contribution in [2.75, 3.05) is 19.7 Å². The summed E-state index contributed by atoms with van der Waals surface area (Å²) in [6, 6.07) is 19.7. The van der Waals surface area contributed by atoms with E-state index in [1.54, 1.807) is 0 Å². The number of likely N-dealkylation sites (tertiary alicyclic amines) is 1. The lowest BCUT2D eigenvalue weighted by atomic mass is 9.99. The second-order valence-electron chi connectivity index (χ2n) is 8.59. The second kappa shape index (κ2) is 9.10. The van der Waals surface area contributed by atoms with Crippen LogP contribution in [-0.2, 0) is 16.0 Å². The molecule has 2 amide bonds. The molecule has 2 aliphatic heterocycles. The first-order valence-corrected chi connectivity index (χ1v) is 11.4. The third-order valence-electron chi connectivity index (χ3n) is 6.54. The van der Waals surface area contributed by atoms with E-state index in [2.05, 4.69) is 4.98 Å². The predicted octanol–water partition coefficient (Wildman–Crippen LogP) is 4.38. The van der Waals surface area contributed by atoms with E-state index in [1.165, 1.54) is 0 Å². The molecular formula is C26H27N3O4. The highest BCUT2D eigenvalue weighted by Gasteiger charge is 2.40. The van der Waals surface area contributed by atoms with Crippen molar-refractivity contribution >= 4 is 12.0 Å². The minimum absolute atomic E-state index is 0.0352. The first kappa shape index (κ1) is 21.2. The van der Waals surface area contributed by atoms with E-state index >= 15 is 0 Å². The van der Waals surface area contributed by atoms with E-state index in [0.29, 0.717) is 37.0 Å². The average molecular weight is 446 g/mol. The van der Waals surface area contributed by atoms with Crippen LogP contribution in [0.15, 0.2) is 65.1 Å². The van der Waals surface area contributed by atoms with Crippen LogP contribution in [0.2, 0.25) is 0 Å². The van der Waals surface area contributed by atoms with E-state index in [4.69, 9.17) is 9.15 Å². The number of amides is 2. The van der Waals surface area contributed by atoms with Crippen LogP contribution >= 0.6 is 0 Å². The summed E-state index contributed by atoms with van der Waals surface area (Å²) < 4.78 is 11.2. The van der Waals surface area contributed by atoms with E-state index in [1.807, 2.05) is 77.4 Å². The van der Waals surface area contributed by atoms with Gasteiger partial charge in [0.05, 0.1) is 18.2 Å². The van der Waals surface area contributed by atoms with Crippen LogP contribution in [0.1, 0.15) is 35.9 Å². The predicted molar refractivity (Wildman–Crippen MR) is 122 cm³/mol. The third-order valence-corrected chi connectivity index (χ3v) is 6.54. The van der Waals surface area contributed by atoms with Crippen LogP contribution in [0.25, 0.3) is 11.5 Å². The maximum Gasteiger partial charge on any atom is 0.410 e. The maximum absolute atomic E-state index is 13.0. The van der Waals surface area contributed by atoms with Crippen LogP contribution in [-0.4, -0.2) is 52.5 Å². The molecule has 0 radical (unpaired) electrons. The second-order valence-corrected chi connectivity index (χ2v) is 8.59. The number of cyclic esters (lactones) is 1. The molecule has 2 fully saturated rings. The van der Waals surface area contributed by atoms with Crippen LogP contribution in [0, 0.1) is 6.92 Å². The van der Waals surface area contributed by atoms with E-state index in [-0.39, 0.29) is 30.5 Å². The van der Waals surface area contributed by atoms with Crippen molar-refractivity contribution < 1.29 is 18.7 Å². The number of oxazole rings is 1. The van der Waals surface area contributed by atoms with Gasteiger partial charge in [-0.2, -0.15) is 0 Å². The highest BCUT2D eigenvalue weighted by molar-refractivity contribution is 5.79. The zero-order chi connectivity index (χ0) is 22.8. The molecule has 0 N–H and O–H groups in total. The average Bonchev–Trinajstić information content (AvgIpc) is 3.42.